The maximum Gasteiger partial charge on any atom is 0.338 e. The molecule has 0 aliphatic carbocycles. The second-order valence-corrected chi connectivity index (χ2v) is 6.61. The van der Waals surface area contributed by atoms with E-state index in [0.717, 1.165) is 31.6 Å². The van der Waals surface area contributed by atoms with E-state index < -0.39 is 0 Å². The highest BCUT2D eigenvalue weighted by molar-refractivity contribution is 5.89. The minimum absolute atomic E-state index is 0.259. The number of halogens is 1. The summed E-state index contributed by atoms with van der Waals surface area (Å²) in [5, 5.41) is 0. The van der Waals surface area contributed by atoms with Crippen LogP contribution >= 0.6 is 0 Å². The molecule has 0 aromatic heterocycles. The van der Waals surface area contributed by atoms with Crippen molar-refractivity contribution in [1.82, 2.24) is 4.90 Å². The lowest BCUT2D eigenvalue weighted by atomic mass is 9.82. The van der Waals surface area contributed by atoms with E-state index in [1.165, 1.54) is 6.07 Å². The second-order valence-electron chi connectivity index (χ2n) is 6.61. The Balaban J connectivity index is 1.64. The molecule has 2 bridgehead atoms. The van der Waals surface area contributed by atoms with Gasteiger partial charge < -0.3 is 9.64 Å². The molecule has 1 atom stereocenters. The van der Waals surface area contributed by atoms with E-state index in [9.17, 15) is 9.18 Å². The van der Waals surface area contributed by atoms with Gasteiger partial charge in [0.25, 0.3) is 0 Å². The van der Waals surface area contributed by atoms with Crippen LogP contribution in [0.4, 0.5) is 4.39 Å². The summed E-state index contributed by atoms with van der Waals surface area (Å²) in [4.78, 5) is 14.7. The van der Waals surface area contributed by atoms with Gasteiger partial charge in [0.2, 0.25) is 0 Å². The Bertz CT molecular complexity index is 795. The second kappa shape index (κ2) is 6.71. The van der Waals surface area contributed by atoms with Gasteiger partial charge in [0.1, 0.15) is 11.9 Å². The van der Waals surface area contributed by atoms with Crippen LogP contribution in [0.1, 0.15) is 28.8 Å². The lowest BCUT2D eigenvalue weighted by Gasteiger charge is -2.47. The fraction of sp³-hybridized carbons (Fsp3) is 0.286. The molecule has 4 heteroatoms. The Morgan fingerprint density at radius 3 is 2.44 bits per heavy atom. The maximum atomic E-state index is 14.1. The van der Waals surface area contributed by atoms with Gasteiger partial charge in [-0.2, -0.15) is 0 Å². The van der Waals surface area contributed by atoms with Crippen molar-refractivity contribution < 1.29 is 13.9 Å². The summed E-state index contributed by atoms with van der Waals surface area (Å²) in [6.07, 6.45) is 3.53. The van der Waals surface area contributed by atoms with E-state index in [4.69, 9.17) is 4.74 Å². The van der Waals surface area contributed by atoms with Crippen molar-refractivity contribution in [3.8, 4) is 0 Å². The van der Waals surface area contributed by atoms with Gasteiger partial charge in [-0.15, -0.1) is 0 Å². The van der Waals surface area contributed by atoms with Gasteiger partial charge in [0.15, 0.2) is 0 Å². The number of rotatable bonds is 3. The van der Waals surface area contributed by atoms with E-state index >= 15 is 0 Å². The van der Waals surface area contributed by atoms with Crippen LogP contribution in [0, 0.1) is 11.7 Å². The van der Waals surface area contributed by atoms with Gasteiger partial charge in [0, 0.05) is 24.6 Å². The van der Waals surface area contributed by atoms with Crippen molar-refractivity contribution in [2.45, 2.75) is 18.9 Å². The number of hydrogen-bond acceptors (Lipinski definition) is 3. The predicted octanol–water partition coefficient (Wildman–Crippen LogP) is 4.12. The van der Waals surface area contributed by atoms with Crippen LogP contribution in [0.25, 0.3) is 6.08 Å². The summed E-state index contributed by atoms with van der Waals surface area (Å²) >= 11 is 0. The predicted molar refractivity (Wildman–Crippen MR) is 94.3 cm³/mol. The molecule has 2 aromatic carbocycles. The molecule has 3 saturated heterocycles. The normalized spacial score (nSPS) is 23.7. The molecule has 0 radical (unpaired) electrons. The number of fused-ring (bicyclic) bond motifs is 3. The SMILES string of the molecule is O=C(O[C@H]1/C(=C/c2ccccc2F)N2CCC1CC2)c1ccccc1. The van der Waals surface area contributed by atoms with Crippen LogP contribution in [-0.4, -0.2) is 30.1 Å². The zero-order valence-corrected chi connectivity index (χ0v) is 13.9. The summed E-state index contributed by atoms with van der Waals surface area (Å²) in [6.45, 7) is 1.87. The smallest absolute Gasteiger partial charge is 0.338 e. The van der Waals surface area contributed by atoms with Crippen molar-refractivity contribution in [3.05, 3.63) is 77.2 Å². The Hall–Kier alpha value is -2.62. The number of nitrogens with zero attached hydrogens (tertiary/aromatic N) is 1. The van der Waals surface area contributed by atoms with Gasteiger partial charge in [-0.25, -0.2) is 9.18 Å². The molecule has 0 saturated carbocycles. The zero-order chi connectivity index (χ0) is 17.2. The third kappa shape index (κ3) is 3.16. The van der Waals surface area contributed by atoms with Crippen LogP contribution in [-0.2, 0) is 4.74 Å². The van der Waals surface area contributed by atoms with Gasteiger partial charge in [-0.3, -0.25) is 0 Å². The standard InChI is InChI=1S/C21H20FNO2/c22-18-9-5-4-8-17(18)14-19-20(15-10-12-23(19)13-11-15)25-21(24)16-6-2-1-3-7-16/h1-9,14-15,20H,10-13H2/b19-14-/t20-/m1/s1. The quantitative estimate of drug-likeness (QED) is 0.789. The summed E-state index contributed by atoms with van der Waals surface area (Å²) < 4.78 is 19.9. The topological polar surface area (TPSA) is 29.5 Å². The van der Waals surface area contributed by atoms with Gasteiger partial charge in [-0.1, -0.05) is 36.4 Å². The van der Waals surface area contributed by atoms with E-state index in [0.29, 0.717) is 17.0 Å². The van der Waals surface area contributed by atoms with Crippen LogP contribution in [0.15, 0.2) is 60.3 Å². The number of benzene rings is 2. The van der Waals surface area contributed by atoms with Gasteiger partial charge in [-0.05, 0) is 37.1 Å². The Kier molecular flexibility index (Phi) is 4.26. The average Bonchev–Trinajstić information content (AvgIpc) is 2.66. The average molecular weight is 337 g/mol. The summed E-state index contributed by atoms with van der Waals surface area (Å²) in [6, 6.07) is 15.7. The highest BCUT2D eigenvalue weighted by atomic mass is 19.1. The molecule has 2 aromatic rings. The van der Waals surface area contributed by atoms with Gasteiger partial charge in [0.05, 0.1) is 11.3 Å². The van der Waals surface area contributed by atoms with E-state index in [-0.39, 0.29) is 17.9 Å². The highest BCUT2D eigenvalue weighted by Gasteiger charge is 2.40. The fourth-order valence-electron chi connectivity index (χ4n) is 3.72. The molecule has 3 aliphatic heterocycles. The van der Waals surface area contributed by atoms with Gasteiger partial charge >= 0.3 is 5.97 Å². The number of hydrogen-bond donors (Lipinski definition) is 0. The summed E-state index contributed by atoms with van der Waals surface area (Å²) in [7, 11) is 0. The van der Waals surface area contributed by atoms with Crippen molar-refractivity contribution in [2.24, 2.45) is 5.92 Å². The van der Waals surface area contributed by atoms with Crippen LogP contribution in [0.2, 0.25) is 0 Å². The Morgan fingerprint density at radius 2 is 1.72 bits per heavy atom. The largest absolute Gasteiger partial charge is 0.452 e. The number of carbonyl (C=O) groups is 1. The lowest BCUT2D eigenvalue weighted by molar-refractivity contribution is -0.0161. The first-order chi connectivity index (χ1) is 12.2. The molecule has 0 N–H and O–H groups in total. The minimum atomic E-state index is -0.321. The zero-order valence-electron chi connectivity index (χ0n) is 13.9. The van der Waals surface area contributed by atoms with Crippen molar-refractivity contribution in [1.29, 1.82) is 0 Å². The molecule has 3 heterocycles. The Morgan fingerprint density at radius 1 is 1.04 bits per heavy atom. The molecule has 3 nitrogen and oxygen atoms in total. The molecule has 25 heavy (non-hydrogen) atoms. The van der Waals surface area contributed by atoms with Crippen LogP contribution < -0.4 is 0 Å². The first-order valence-corrected chi connectivity index (χ1v) is 8.69. The molecule has 0 spiro atoms. The molecule has 3 aliphatic rings. The molecule has 3 fully saturated rings. The van der Waals surface area contributed by atoms with Crippen LogP contribution in [0.3, 0.4) is 0 Å². The van der Waals surface area contributed by atoms with Crippen molar-refractivity contribution in [2.75, 3.05) is 13.1 Å². The fourth-order valence-corrected chi connectivity index (χ4v) is 3.72. The Labute approximate surface area is 146 Å². The van der Waals surface area contributed by atoms with Crippen molar-refractivity contribution in [3.63, 3.8) is 0 Å². The summed E-state index contributed by atoms with van der Waals surface area (Å²) in [5.74, 6) is -0.278. The lowest BCUT2D eigenvalue weighted by Crippen LogP contribution is -2.50. The van der Waals surface area contributed by atoms with E-state index in [1.54, 1.807) is 24.3 Å². The molecule has 0 unspecified atom stereocenters. The first-order valence-electron chi connectivity index (χ1n) is 8.69. The first kappa shape index (κ1) is 15.9. The number of esters is 1. The number of ether oxygens (including phenoxy) is 1. The third-order valence-corrected chi connectivity index (χ3v) is 5.08. The highest BCUT2D eigenvalue weighted by Crippen LogP contribution is 2.38. The molecule has 5 rings (SSSR count). The number of piperidine rings is 3. The third-order valence-electron chi connectivity index (χ3n) is 5.08. The van der Waals surface area contributed by atoms with E-state index in [2.05, 4.69) is 4.90 Å². The van der Waals surface area contributed by atoms with E-state index in [1.807, 2.05) is 30.3 Å². The minimum Gasteiger partial charge on any atom is -0.452 e. The summed E-state index contributed by atoms with van der Waals surface area (Å²) in [5.41, 5.74) is 1.99. The molecule has 128 valence electrons. The molecular weight excluding hydrogens is 317 g/mol. The monoisotopic (exact) mass is 337 g/mol. The maximum absolute atomic E-state index is 14.1. The van der Waals surface area contributed by atoms with Crippen molar-refractivity contribution >= 4 is 12.0 Å². The molecular formula is C21H20FNO2. The number of carbonyl (C=O) groups excluding carboxylic acids is 1. The van der Waals surface area contributed by atoms with Crippen LogP contribution in [0.5, 0.6) is 0 Å². The molecule has 0 amide bonds.